The summed E-state index contributed by atoms with van der Waals surface area (Å²) < 4.78 is 0. The molecule has 0 aromatic heterocycles. The standard InChI is InChI=1S/C17H33N3S/c1-12-8-6-7-9-14(12)19-15(21)18-13-10-16(2,3)20-17(4,5)11-13/h12-14,20H,6-11H2,1-5H3,(H2,18,19,21). The fourth-order valence-electron chi connectivity index (χ4n) is 4.35. The summed E-state index contributed by atoms with van der Waals surface area (Å²) in [7, 11) is 0. The molecule has 4 heteroatoms. The Morgan fingerprint density at radius 2 is 1.57 bits per heavy atom. The highest BCUT2D eigenvalue weighted by molar-refractivity contribution is 7.80. The lowest BCUT2D eigenvalue weighted by Crippen LogP contribution is -2.63. The first-order valence-corrected chi connectivity index (χ1v) is 8.94. The van der Waals surface area contributed by atoms with Gasteiger partial charge < -0.3 is 16.0 Å². The predicted octanol–water partition coefficient (Wildman–Crippen LogP) is 3.34. The predicted molar refractivity (Wildman–Crippen MR) is 94.6 cm³/mol. The van der Waals surface area contributed by atoms with Crippen LogP contribution in [0.2, 0.25) is 0 Å². The molecule has 2 unspecified atom stereocenters. The molecule has 122 valence electrons. The van der Waals surface area contributed by atoms with Crippen LogP contribution in [0.15, 0.2) is 0 Å². The van der Waals surface area contributed by atoms with E-state index in [1.165, 1.54) is 25.7 Å². The number of hydrogen-bond donors (Lipinski definition) is 3. The van der Waals surface area contributed by atoms with Gasteiger partial charge in [0.15, 0.2) is 5.11 Å². The molecule has 0 aromatic rings. The van der Waals surface area contributed by atoms with E-state index in [0.717, 1.165) is 23.9 Å². The van der Waals surface area contributed by atoms with Crippen LogP contribution in [-0.2, 0) is 0 Å². The molecule has 2 atom stereocenters. The Labute approximate surface area is 136 Å². The van der Waals surface area contributed by atoms with E-state index in [4.69, 9.17) is 12.2 Å². The van der Waals surface area contributed by atoms with Crippen LogP contribution in [0.25, 0.3) is 0 Å². The van der Waals surface area contributed by atoms with E-state index in [1.807, 2.05) is 0 Å². The van der Waals surface area contributed by atoms with Crippen molar-refractivity contribution in [3.63, 3.8) is 0 Å². The summed E-state index contributed by atoms with van der Waals surface area (Å²) in [6, 6.07) is 1.01. The van der Waals surface area contributed by atoms with E-state index in [-0.39, 0.29) is 11.1 Å². The molecule has 21 heavy (non-hydrogen) atoms. The lowest BCUT2D eigenvalue weighted by atomic mass is 9.79. The second-order valence-electron chi connectivity index (χ2n) is 8.48. The molecule has 0 spiro atoms. The number of nitrogens with one attached hydrogen (secondary N) is 3. The van der Waals surface area contributed by atoms with Crippen molar-refractivity contribution in [2.24, 2.45) is 5.92 Å². The maximum Gasteiger partial charge on any atom is 0.166 e. The maximum atomic E-state index is 5.58. The summed E-state index contributed by atoms with van der Waals surface area (Å²) in [4.78, 5) is 0. The SMILES string of the molecule is CC1CCCCC1NC(=S)NC1CC(C)(C)NC(C)(C)C1. The zero-order valence-corrected chi connectivity index (χ0v) is 15.2. The van der Waals surface area contributed by atoms with Crippen LogP contribution in [-0.4, -0.2) is 28.3 Å². The molecule has 1 saturated carbocycles. The third-order valence-corrected chi connectivity index (χ3v) is 5.19. The van der Waals surface area contributed by atoms with E-state index in [2.05, 4.69) is 50.6 Å². The van der Waals surface area contributed by atoms with Crippen molar-refractivity contribution in [1.29, 1.82) is 0 Å². The minimum atomic E-state index is 0.160. The smallest absolute Gasteiger partial charge is 0.166 e. The molecule has 1 aliphatic carbocycles. The van der Waals surface area contributed by atoms with Gasteiger partial charge in [0.25, 0.3) is 0 Å². The Morgan fingerprint density at radius 3 is 2.14 bits per heavy atom. The van der Waals surface area contributed by atoms with Gasteiger partial charge in [-0.25, -0.2) is 0 Å². The Hall–Kier alpha value is -0.350. The van der Waals surface area contributed by atoms with Gasteiger partial charge in [0.2, 0.25) is 0 Å². The summed E-state index contributed by atoms with van der Waals surface area (Å²) in [6.07, 6.45) is 7.51. The van der Waals surface area contributed by atoms with Crippen LogP contribution < -0.4 is 16.0 Å². The number of rotatable bonds is 2. The van der Waals surface area contributed by atoms with Crippen molar-refractivity contribution < 1.29 is 0 Å². The minimum absolute atomic E-state index is 0.160. The summed E-state index contributed by atoms with van der Waals surface area (Å²) in [5.74, 6) is 0.736. The molecule has 0 radical (unpaired) electrons. The second-order valence-corrected chi connectivity index (χ2v) is 8.89. The molecule has 1 saturated heterocycles. The Balaban J connectivity index is 1.87. The second kappa shape index (κ2) is 6.41. The average molecular weight is 312 g/mol. The average Bonchev–Trinajstić information content (AvgIpc) is 2.27. The topological polar surface area (TPSA) is 36.1 Å². The molecule has 0 amide bonds. The minimum Gasteiger partial charge on any atom is -0.360 e. The highest BCUT2D eigenvalue weighted by Crippen LogP contribution is 2.28. The zero-order chi connectivity index (χ0) is 15.7. The van der Waals surface area contributed by atoms with Gasteiger partial charge in [-0.15, -0.1) is 0 Å². The number of thiocarbonyl (C=S) groups is 1. The lowest BCUT2D eigenvalue weighted by Gasteiger charge is -2.47. The van der Waals surface area contributed by atoms with Crippen LogP contribution in [0.1, 0.15) is 73.1 Å². The molecule has 2 aliphatic rings. The van der Waals surface area contributed by atoms with Crippen LogP contribution in [0.5, 0.6) is 0 Å². The van der Waals surface area contributed by atoms with Gasteiger partial charge in [-0.3, -0.25) is 0 Å². The zero-order valence-electron chi connectivity index (χ0n) is 14.4. The Kier molecular flexibility index (Phi) is 5.19. The first-order valence-electron chi connectivity index (χ1n) is 8.53. The molecule has 1 aliphatic heterocycles. The summed E-state index contributed by atoms with van der Waals surface area (Å²) >= 11 is 5.58. The fraction of sp³-hybridized carbons (Fsp3) is 0.941. The van der Waals surface area contributed by atoms with E-state index in [1.54, 1.807) is 0 Å². The van der Waals surface area contributed by atoms with Crippen LogP contribution in [0.4, 0.5) is 0 Å². The van der Waals surface area contributed by atoms with Crippen molar-refractivity contribution in [2.45, 2.75) is 96.3 Å². The summed E-state index contributed by atoms with van der Waals surface area (Å²) in [6.45, 7) is 11.5. The van der Waals surface area contributed by atoms with E-state index in [9.17, 15) is 0 Å². The van der Waals surface area contributed by atoms with Crippen molar-refractivity contribution in [3.8, 4) is 0 Å². The molecular formula is C17H33N3S. The summed E-state index contributed by atoms with van der Waals surface area (Å²) in [5.41, 5.74) is 0.320. The largest absolute Gasteiger partial charge is 0.360 e. The number of hydrogen-bond acceptors (Lipinski definition) is 2. The molecule has 0 bridgehead atoms. The van der Waals surface area contributed by atoms with E-state index >= 15 is 0 Å². The molecule has 1 heterocycles. The van der Waals surface area contributed by atoms with Gasteiger partial charge >= 0.3 is 0 Å². The first-order chi connectivity index (χ1) is 9.67. The maximum absolute atomic E-state index is 5.58. The number of piperidine rings is 1. The lowest BCUT2D eigenvalue weighted by molar-refractivity contribution is 0.155. The van der Waals surface area contributed by atoms with E-state index in [0.29, 0.717) is 12.1 Å². The van der Waals surface area contributed by atoms with Crippen molar-refractivity contribution in [1.82, 2.24) is 16.0 Å². The summed E-state index contributed by atoms with van der Waals surface area (Å²) in [5, 5.41) is 11.7. The highest BCUT2D eigenvalue weighted by atomic mass is 32.1. The molecule has 0 aromatic carbocycles. The van der Waals surface area contributed by atoms with Crippen LogP contribution >= 0.6 is 12.2 Å². The third-order valence-electron chi connectivity index (χ3n) is 4.95. The van der Waals surface area contributed by atoms with E-state index < -0.39 is 0 Å². The van der Waals surface area contributed by atoms with Gasteiger partial charge in [0.05, 0.1) is 0 Å². The van der Waals surface area contributed by atoms with Crippen LogP contribution in [0, 0.1) is 5.92 Å². The normalized spacial score (nSPS) is 32.4. The molecule has 2 rings (SSSR count). The van der Waals surface area contributed by atoms with Crippen LogP contribution in [0.3, 0.4) is 0 Å². The van der Waals surface area contributed by atoms with Gasteiger partial charge in [-0.05, 0) is 71.5 Å². The quantitative estimate of drug-likeness (QED) is 0.684. The van der Waals surface area contributed by atoms with Gasteiger partial charge in [0.1, 0.15) is 0 Å². The van der Waals surface area contributed by atoms with Gasteiger partial charge in [-0.1, -0.05) is 19.8 Å². The van der Waals surface area contributed by atoms with Crippen molar-refractivity contribution >= 4 is 17.3 Å². The fourth-order valence-corrected chi connectivity index (χ4v) is 4.67. The third kappa shape index (κ3) is 5.10. The molecule has 3 N–H and O–H groups in total. The van der Waals surface area contributed by atoms with Crippen molar-refractivity contribution in [3.05, 3.63) is 0 Å². The van der Waals surface area contributed by atoms with Gasteiger partial charge in [0, 0.05) is 23.2 Å². The highest BCUT2D eigenvalue weighted by Gasteiger charge is 2.38. The van der Waals surface area contributed by atoms with Crippen molar-refractivity contribution in [2.75, 3.05) is 0 Å². The molecular weight excluding hydrogens is 278 g/mol. The first kappa shape index (κ1) is 17.0. The monoisotopic (exact) mass is 311 g/mol. The molecule has 3 nitrogen and oxygen atoms in total. The van der Waals surface area contributed by atoms with Gasteiger partial charge in [-0.2, -0.15) is 0 Å². The Bertz CT molecular complexity index is 362. The molecule has 2 fully saturated rings. The Morgan fingerprint density at radius 1 is 1.00 bits per heavy atom.